The Balaban J connectivity index is 1.95. The van der Waals surface area contributed by atoms with Crippen molar-refractivity contribution in [3.63, 3.8) is 0 Å². The molecule has 0 amide bonds. The molecule has 2 N–H and O–H groups in total. The van der Waals surface area contributed by atoms with Gasteiger partial charge < -0.3 is 19.7 Å². The van der Waals surface area contributed by atoms with Gasteiger partial charge in [0.25, 0.3) is 10.1 Å². The number of carbonyl (C=O) groups is 2. The molecule has 178 valence electrons. The molecule has 2 aromatic rings. The molecule has 2 aromatic carbocycles. The summed E-state index contributed by atoms with van der Waals surface area (Å²) in [7, 11) is -4.00. The summed E-state index contributed by atoms with van der Waals surface area (Å²) < 4.78 is 41.4. The Morgan fingerprint density at radius 3 is 2.15 bits per heavy atom. The maximum atomic E-state index is 12.7. The minimum Gasteiger partial charge on any atom is -0.475 e. The van der Waals surface area contributed by atoms with Gasteiger partial charge in [-0.1, -0.05) is 31.5 Å². The van der Waals surface area contributed by atoms with Crippen molar-refractivity contribution >= 4 is 22.1 Å². The van der Waals surface area contributed by atoms with Gasteiger partial charge in [-0.05, 0) is 56.0 Å². The zero-order valence-electron chi connectivity index (χ0n) is 18.7. The van der Waals surface area contributed by atoms with Crippen LogP contribution in [0.4, 0.5) is 0 Å². The summed E-state index contributed by atoms with van der Waals surface area (Å²) >= 11 is 0. The minimum atomic E-state index is -4.00. The van der Waals surface area contributed by atoms with Gasteiger partial charge in [-0.2, -0.15) is 8.42 Å². The SMILES string of the molecule is CCc1cc2c(c(CC)c1C[C@@H](C)OS(=O)(=O)c1ccc(C)cc1)OC(C(=O)O)(C(=O)O)O2. The van der Waals surface area contributed by atoms with Crippen LogP contribution in [0.3, 0.4) is 0 Å². The maximum Gasteiger partial charge on any atom is 0.453 e. The topological polar surface area (TPSA) is 136 Å². The number of rotatable bonds is 9. The van der Waals surface area contributed by atoms with Crippen LogP contribution in [0.25, 0.3) is 0 Å². The number of ether oxygens (including phenoxy) is 2. The predicted octanol–water partition coefficient (Wildman–Crippen LogP) is 3.09. The number of aryl methyl sites for hydroxylation is 2. The highest BCUT2D eigenvalue weighted by Gasteiger charge is 2.58. The summed E-state index contributed by atoms with van der Waals surface area (Å²) in [5.74, 6) is -6.38. The van der Waals surface area contributed by atoms with Crippen LogP contribution in [0.2, 0.25) is 0 Å². The quantitative estimate of drug-likeness (QED) is 0.411. The molecule has 0 unspecified atom stereocenters. The first-order valence-corrected chi connectivity index (χ1v) is 11.9. The normalized spacial score (nSPS) is 15.3. The molecule has 1 atom stereocenters. The molecule has 0 spiro atoms. The third-order valence-electron chi connectivity index (χ3n) is 5.44. The van der Waals surface area contributed by atoms with E-state index < -0.39 is 33.9 Å². The van der Waals surface area contributed by atoms with E-state index in [0.29, 0.717) is 24.0 Å². The van der Waals surface area contributed by atoms with E-state index in [-0.39, 0.29) is 22.8 Å². The molecule has 0 fully saturated rings. The van der Waals surface area contributed by atoms with Crippen LogP contribution < -0.4 is 9.47 Å². The smallest absolute Gasteiger partial charge is 0.453 e. The molecule has 1 aliphatic heterocycles. The monoisotopic (exact) mass is 478 g/mol. The van der Waals surface area contributed by atoms with Crippen LogP contribution in [0.5, 0.6) is 11.5 Å². The second kappa shape index (κ2) is 9.03. The molecule has 9 nitrogen and oxygen atoms in total. The lowest BCUT2D eigenvalue weighted by atomic mass is 9.92. The van der Waals surface area contributed by atoms with E-state index >= 15 is 0 Å². The van der Waals surface area contributed by atoms with Crippen LogP contribution in [0.15, 0.2) is 35.2 Å². The predicted molar refractivity (Wildman–Crippen MR) is 117 cm³/mol. The highest BCUT2D eigenvalue weighted by atomic mass is 32.2. The molecular weight excluding hydrogens is 452 g/mol. The van der Waals surface area contributed by atoms with Gasteiger partial charge in [-0.15, -0.1) is 0 Å². The molecule has 0 saturated carbocycles. The van der Waals surface area contributed by atoms with Crippen LogP contribution in [0.1, 0.15) is 43.0 Å². The average molecular weight is 479 g/mol. The second-order valence-electron chi connectivity index (χ2n) is 7.84. The van der Waals surface area contributed by atoms with Gasteiger partial charge in [0, 0.05) is 12.0 Å². The Hall–Kier alpha value is -3.11. The molecule has 10 heteroatoms. The minimum absolute atomic E-state index is 0.0260. The van der Waals surface area contributed by atoms with Crippen LogP contribution in [-0.2, 0) is 43.2 Å². The van der Waals surface area contributed by atoms with Crippen molar-refractivity contribution < 1.29 is 41.9 Å². The Morgan fingerprint density at radius 1 is 1.03 bits per heavy atom. The summed E-state index contributed by atoms with van der Waals surface area (Å²) in [5, 5.41) is 18.9. The summed E-state index contributed by atoms with van der Waals surface area (Å²) in [4.78, 5) is 23.3. The van der Waals surface area contributed by atoms with Crippen molar-refractivity contribution in [3.05, 3.63) is 52.6 Å². The van der Waals surface area contributed by atoms with E-state index in [2.05, 4.69) is 0 Å². The number of benzene rings is 2. The van der Waals surface area contributed by atoms with Gasteiger partial charge in [0.1, 0.15) is 0 Å². The van der Waals surface area contributed by atoms with Gasteiger partial charge in [0.05, 0.1) is 11.0 Å². The highest BCUT2D eigenvalue weighted by Crippen LogP contribution is 2.46. The van der Waals surface area contributed by atoms with E-state index in [4.69, 9.17) is 13.7 Å². The summed E-state index contributed by atoms with van der Waals surface area (Å²) in [6.07, 6.45) is 0.322. The molecular formula is C23H26O9S. The number of fused-ring (bicyclic) bond motifs is 1. The number of hydrogen-bond acceptors (Lipinski definition) is 7. The van der Waals surface area contributed by atoms with E-state index in [1.165, 1.54) is 12.1 Å². The Labute approximate surface area is 192 Å². The lowest BCUT2D eigenvalue weighted by Gasteiger charge is -2.20. The standard InChI is InChI=1S/C23H26O9S/c1-5-15-12-19-20(31-23(30-19,21(24)25)22(26)27)17(6-2)18(15)11-14(4)32-33(28,29)16-9-7-13(3)8-10-16/h7-10,12,14H,5-6,11H2,1-4H3,(H,24,25)(H,26,27)/t14-/m1/s1. The first-order chi connectivity index (χ1) is 15.4. The zero-order valence-corrected chi connectivity index (χ0v) is 19.6. The molecule has 1 heterocycles. The fourth-order valence-electron chi connectivity index (χ4n) is 3.81. The largest absolute Gasteiger partial charge is 0.475 e. The fraction of sp³-hybridized carbons (Fsp3) is 0.391. The number of hydrogen-bond donors (Lipinski definition) is 2. The molecule has 33 heavy (non-hydrogen) atoms. The van der Waals surface area contributed by atoms with Gasteiger partial charge in [0.15, 0.2) is 11.5 Å². The van der Waals surface area contributed by atoms with Crippen molar-refractivity contribution in [1.82, 2.24) is 0 Å². The van der Waals surface area contributed by atoms with Crippen molar-refractivity contribution in [3.8, 4) is 11.5 Å². The van der Waals surface area contributed by atoms with Crippen molar-refractivity contribution in [2.75, 3.05) is 0 Å². The third-order valence-corrected chi connectivity index (χ3v) is 6.88. The van der Waals surface area contributed by atoms with Gasteiger partial charge in [-0.25, -0.2) is 9.59 Å². The van der Waals surface area contributed by atoms with Crippen molar-refractivity contribution in [1.29, 1.82) is 0 Å². The van der Waals surface area contributed by atoms with Crippen LogP contribution in [-0.4, -0.2) is 42.5 Å². The van der Waals surface area contributed by atoms with E-state index in [0.717, 1.165) is 11.1 Å². The van der Waals surface area contributed by atoms with Crippen molar-refractivity contribution in [2.45, 2.75) is 63.7 Å². The lowest BCUT2D eigenvalue weighted by Crippen LogP contribution is -2.54. The number of carboxylic acid groups (broad SMARTS) is 2. The third kappa shape index (κ3) is 4.53. The highest BCUT2D eigenvalue weighted by molar-refractivity contribution is 7.86. The van der Waals surface area contributed by atoms with Gasteiger partial charge in [0.2, 0.25) is 0 Å². The Kier molecular flexibility index (Phi) is 6.71. The number of carboxylic acids is 2. The maximum absolute atomic E-state index is 12.7. The Morgan fingerprint density at radius 2 is 1.64 bits per heavy atom. The average Bonchev–Trinajstić information content (AvgIpc) is 3.14. The summed E-state index contributed by atoms with van der Waals surface area (Å²) in [5.41, 5.74) is 2.93. The molecule has 0 radical (unpaired) electrons. The first-order valence-electron chi connectivity index (χ1n) is 10.5. The van der Waals surface area contributed by atoms with Crippen molar-refractivity contribution in [2.24, 2.45) is 0 Å². The van der Waals surface area contributed by atoms with E-state index in [1.54, 1.807) is 32.0 Å². The van der Waals surface area contributed by atoms with Crippen LogP contribution >= 0.6 is 0 Å². The molecule has 0 bridgehead atoms. The van der Waals surface area contributed by atoms with E-state index in [9.17, 15) is 28.2 Å². The summed E-state index contributed by atoms with van der Waals surface area (Å²) in [6.45, 7) is 7.14. The first kappa shape index (κ1) is 24.5. The van der Waals surface area contributed by atoms with Crippen LogP contribution in [0, 0.1) is 6.92 Å². The Bertz CT molecular complexity index is 1170. The summed E-state index contributed by atoms with van der Waals surface area (Å²) in [6, 6.07) is 7.85. The van der Waals surface area contributed by atoms with Gasteiger partial charge in [-0.3, -0.25) is 4.18 Å². The molecule has 0 aromatic heterocycles. The molecule has 0 aliphatic carbocycles. The second-order valence-corrected chi connectivity index (χ2v) is 9.41. The molecule has 0 saturated heterocycles. The van der Waals surface area contributed by atoms with Gasteiger partial charge >= 0.3 is 17.7 Å². The number of aliphatic carboxylic acids is 2. The zero-order chi connectivity index (χ0) is 24.6. The van der Waals surface area contributed by atoms with E-state index in [1.807, 2.05) is 13.8 Å². The molecule has 1 aliphatic rings. The lowest BCUT2D eigenvalue weighted by molar-refractivity contribution is -0.194. The molecule has 3 rings (SSSR count). The fourth-order valence-corrected chi connectivity index (χ4v) is 4.89.